The van der Waals surface area contributed by atoms with Gasteiger partial charge in [0, 0.05) is 35.3 Å². The van der Waals surface area contributed by atoms with Crippen LogP contribution < -0.4 is 5.32 Å². The Morgan fingerprint density at radius 2 is 2.00 bits per heavy atom. The second-order valence-electron chi connectivity index (χ2n) is 7.24. The average molecular weight is 460 g/mol. The largest absolute Gasteiger partial charge is 0.478 e. The molecule has 164 valence electrons. The third-order valence-corrected chi connectivity index (χ3v) is 5.44. The van der Waals surface area contributed by atoms with Crippen LogP contribution in [0.4, 0.5) is 0 Å². The van der Waals surface area contributed by atoms with Crippen LogP contribution in [0.3, 0.4) is 0 Å². The number of furan rings is 1. The predicted molar refractivity (Wildman–Crippen MR) is 125 cm³/mol. The zero-order valence-corrected chi connectivity index (χ0v) is 18.0. The highest BCUT2D eigenvalue weighted by Gasteiger charge is 2.14. The van der Waals surface area contributed by atoms with Gasteiger partial charge in [0.05, 0.1) is 10.6 Å². The molecule has 0 fully saturated rings. The van der Waals surface area contributed by atoms with Crippen molar-refractivity contribution >= 4 is 40.5 Å². The van der Waals surface area contributed by atoms with Crippen LogP contribution in [0.5, 0.6) is 0 Å². The molecule has 8 heteroatoms. The Kier molecular flexibility index (Phi) is 6.29. The van der Waals surface area contributed by atoms with E-state index in [0.717, 1.165) is 16.5 Å². The lowest BCUT2D eigenvalue weighted by Gasteiger charge is -2.04. The molecule has 0 atom stereocenters. The number of rotatable bonds is 7. The quantitative estimate of drug-likeness (QED) is 0.264. The summed E-state index contributed by atoms with van der Waals surface area (Å²) in [6.45, 7) is 0.362. The Morgan fingerprint density at radius 3 is 2.79 bits per heavy atom. The Hall–Kier alpha value is -4.28. The number of carbonyl (C=O) groups excluding carboxylic acids is 1. The van der Waals surface area contributed by atoms with Crippen molar-refractivity contribution in [1.82, 2.24) is 10.3 Å². The van der Waals surface area contributed by atoms with Gasteiger partial charge in [-0.15, -0.1) is 0 Å². The standard InChI is InChI=1S/C25H18ClN3O4/c26-21-7-5-15(25(31)32)12-20(21)23-8-6-18(33-23)11-17(13-27)24(30)28-10-9-16-14-29-22-4-2-1-3-19(16)22/h1-8,11-12,14,29H,9-10H2,(H,28,30)(H,31,32)/b17-11-. The summed E-state index contributed by atoms with van der Waals surface area (Å²) in [7, 11) is 0. The smallest absolute Gasteiger partial charge is 0.335 e. The average Bonchev–Trinajstić information content (AvgIpc) is 3.45. The van der Waals surface area contributed by atoms with Gasteiger partial charge in [-0.1, -0.05) is 29.8 Å². The van der Waals surface area contributed by atoms with Crippen LogP contribution >= 0.6 is 11.6 Å². The van der Waals surface area contributed by atoms with Crippen LogP contribution in [0.1, 0.15) is 21.7 Å². The van der Waals surface area contributed by atoms with Crippen molar-refractivity contribution < 1.29 is 19.1 Å². The summed E-state index contributed by atoms with van der Waals surface area (Å²) < 4.78 is 5.69. The monoisotopic (exact) mass is 459 g/mol. The number of fused-ring (bicyclic) bond motifs is 1. The Morgan fingerprint density at radius 1 is 1.18 bits per heavy atom. The second kappa shape index (κ2) is 9.47. The minimum Gasteiger partial charge on any atom is -0.478 e. The van der Waals surface area contributed by atoms with Gasteiger partial charge in [0.2, 0.25) is 0 Å². The van der Waals surface area contributed by atoms with E-state index in [-0.39, 0.29) is 16.9 Å². The van der Waals surface area contributed by atoms with Gasteiger partial charge in [-0.3, -0.25) is 4.79 Å². The van der Waals surface area contributed by atoms with E-state index in [0.29, 0.717) is 29.3 Å². The van der Waals surface area contributed by atoms with Crippen molar-refractivity contribution in [2.75, 3.05) is 6.54 Å². The number of nitrogens with zero attached hydrogens (tertiary/aromatic N) is 1. The van der Waals surface area contributed by atoms with Gasteiger partial charge in [-0.05, 0) is 48.4 Å². The van der Waals surface area contributed by atoms with E-state index in [1.54, 1.807) is 12.1 Å². The highest BCUT2D eigenvalue weighted by atomic mass is 35.5. The third kappa shape index (κ3) is 4.81. The first-order valence-electron chi connectivity index (χ1n) is 10.0. The molecule has 0 aliphatic heterocycles. The van der Waals surface area contributed by atoms with Crippen molar-refractivity contribution in [1.29, 1.82) is 5.26 Å². The highest BCUT2D eigenvalue weighted by Crippen LogP contribution is 2.31. The maximum absolute atomic E-state index is 12.5. The van der Waals surface area contributed by atoms with E-state index < -0.39 is 11.9 Å². The summed E-state index contributed by atoms with van der Waals surface area (Å²) >= 11 is 6.18. The van der Waals surface area contributed by atoms with Crippen LogP contribution in [0.15, 0.2) is 70.8 Å². The summed E-state index contributed by atoms with van der Waals surface area (Å²) in [5, 5.41) is 22.8. The predicted octanol–water partition coefficient (Wildman–Crippen LogP) is 5.05. The van der Waals surface area contributed by atoms with Crippen LogP contribution in [0, 0.1) is 11.3 Å². The lowest BCUT2D eigenvalue weighted by molar-refractivity contribution is -0.117. The molecule has 0 bridgehead atoms. The number of nitrogens with one attached hydrogen (secondary N) is 2. The number of hydrogen-bond acceptors (Lipinski definition) is 4. The number of carbonyl (C=O) groups is 2. The number of para-hydroxylation sites is 1. The lowest BCUT2D eigenvalue weighted by atomic mass is 10.1. The van der Waals surface area contributed by atoms with Gasteiger partial charge in [0.1, 0.15) is 23.2 Å². The number of benzene rings is 2. The molecular formula is C25H18ClN3O4. The molecule has 0 aliphatic rings. The van der Waals surface area contributed by atoms with Gasteiger partial charge >= 0.3 is 5.97 Å². The molecule has 0 aliphatic carbocycles. The number of carboxylic acids is 1. The van der Waals surface area contributed by atoms with Crippen molar-refractivity contribution in [3.63, 3.8) is 0 Å². The Bertz CT molecular complexity index is 1420. The van der Waals surface area contributed by atoms with Gasteiger partial charge in [-0.2, -0.15) is 5.26 Å². The van der Waals surface area contributed by atoms with Crippen LogP contribution in [0.2, 0.25) is 5.02 Å². The summed E-state index contributed by atoms with van der Waals surface area (Å²) in [4.78, 5) is 26.9. The van der Waals surface area contributed by atoms with E-state index in [1.165, 1.54) is 24.3 Å². The van der Waals surface area contributed by atoms with Crippen LogP contribution in [-0.4, -0.2) is 28.5 Å². The summed E-state index contributed by atoms with van der Waals surface area (Å²) in [6.07, 6.45) is 3.85. The van der Waals surface area contributed by atoms with E-state index in [9.17, 15) is 20.0 Å². The normalized spacial score (nSPS) is 11.3. The SMILES string of the molecule is N#C/C(=C/c1ccc(-c2cc(C(=O)O)ccc2Cl)o1)C(=O)NCCc1c[nH]c2ccccc12. The number of hydrogen-bond donors (Lipinski definition) is 3. The minimum absolute atomic E-state index is 0.0650. The van der Waals surface area contributed by atoms with Crippen molar-refractivity contribution in [3.8, 4) is 17.4 Å². The number of aromatic nitrogens is 1. The second-order valence-corrected chi connectivity index (χ2v) is 7.64. The molecule has 0 spiro atoms. The van der Waals surface area contributed by atoms with Crippen molar-refractivity contribution in [2.24, 2.45) is 0 Å². The Labute approximate surface area is 193 Å². The third-order valence-electron chi connectivity index (χ3n) is 5.11. The first-order chi connectivity index (χ1) is 16.0. The van der Waals surface area contributed by atoms with E-state index >= 15 is 0 Å². The molecule has 33 heavy (non-hydrogen) atoms. The van der Waals surface area contributed by atoms with Crippen molar-refractivity contribution in [2.45, 2.75) is 6.42 Å². The van der Waals surface area contributed by atoms with Crippen molar-refractivity contribution in [3.05, 3.63) is 88.3 Å². The Balaban J connectivity index is 1.45. The van der Waals surface area contributed by atoms with E-state index in [1.807, 2.05) is 36.5 Å². The maximum atomic E-state index is 12.5. The topological polar surface area (TPSA) is 119 Å². The molecule has 0 unspecified atom stereocenters. The first-order valence-corrected chi connectivity index (χ1v) is 10.4. The molecule has 1 amide bonds. The van der Waals surface area contributed by atoms with Gasteiger partial charge in [-0.25, -0.2) is 4.79 Å². The molecule has 4 rings (SSSR count). The minimum atomic E-state index is -1.09. The fraction of sp³-hybridized carbons (Fsp3) is 0.0800. The number of halogens is 1. The van der Waals surface area contributed by atoms with Crippen LogP contribution in [-0.2, 0) is 11.2 Å². The molecule has 0 saturated carbocycles. The molecule has 2 aromatic carbocycles. The summed E-state index contributed by atoms with van der Waals surface area (Å²) in [6, 6.07) is 17.2. The fourth-order valence-corrected chi connectivity index (χ4v) is 3.67. The van der Waals surface area contributed by atoms with Gasteiger partial charge < -0.3 is 19.8 Å². The van der Waals surface area contributed by atoms with Gasteiger partial charge in [0.25, 0.3) is 5.91 Å². The maximum Gasteiger partial charge on any atom is 0.335 e. The number of aromatic carboxylic acids is 1. The molecule has 2 aromatic heterocycles. The molecule has 0 radical (unpaired) electrons. The number of amides is 1. The number of carboxylic acid groups (broad SMARTS) is 1. The molecule has 4 aromatic rings. The first kappa shape index (κ1) is 21.9. The molecule has 7 nitrogen and oxygen atoms in total. The van der Waals surface area contributed by atoms with E-state index in [2.05, 4.69) is 10.3 Å². The zero-order chi connectivity index (χ0) is 23.4. The molecular weight excluding hydrogens is 442 g/mol. The van der Waals surface area contributed by atoms with E-state index in [4.69, 9.17) is 16.0 Å². The molecule has 2 heterocycles. The summed E-state index contributed by atoms with van der Waals surface area (Å²) in [5.74, 6) is -1.01. The zero-order valence-electron chi connectivity index (χ0n) is 17.3. The number of nitriles is 1. The van der Waals surface area contributed by atoms with Gasteiger partial charge in [0.15, 0.2) is 0 Å². The lowest BCUT2D eigenvalue weighted by Crippen LogP contribution is -2.26. The number of aromatic amines is 1. The highest BCUT2D eigenvalue weighted by molar-refractivity contribution is 6.33. The molecule has 3 N–H and O–H groups in total. The molecule has 0 saturated heterocycles. The van der Waals surface area contributed by atoms with Crippen LogP contribution in [0.25, 0.3) is 28.3 Å². The number of H-pyrrole nitrogens is 1. The fourth-order valence-electron chi connectivity index (χ4n) is 3.46. The summed E-state index contributed by atoms with van der Waals surface area (Å²) in [5.41, 5.74) is 2.46.